The van der Waals surface area contributed by atoms with E-state index >= 15 is 0 Å². The normalized spacial score (nSPS) is 10.8. The average molecular weight is 292 g/mol. The number of hydrogen-bond donors (Lipinski definition) is 1. The molecule has 2 aromatic carbocycles. The lowest BCUT2D eigenvalue weighted by Gasteiger charge is -2.04. The van der Waals surface area contributed by atoms with Crippen LogP contribution in [-0.4, -0.2) is 5.91 Å². The van der Waals surface area contributed by atoms with Gasteiger partial charge in [-0.25, -0.2) is 0 Å². The maximum Gasteiger partial charge on any atom is 0.241 e. The third-order valence-electron chi connectivity index (χ3n) is 2.55. The van der Waals surface area contributed by atoms with Gasteiger partial charge in [0.05, 0.1) is 0 Å². The summed E-state index contributed by atoms with van der Waals surface area (Å²) in [6.45, 7) is 0. The summed E-state index contributed by atoms with van der Waals surface area (Å²) in [5, 5.41) is 1.19. The molecule has 2 N–H and O–H groups in total. The summed E-state index contributed by atoms with van der Waals surface area (Å²) in [5.74, 6) is -0.467. The van der Waals surface area contributed by atoms with Crippen LogP contribution in [0.15, 0.2) is 48.5 Å². The molecule has 0 saturated carbocycles. The molecule has 0 saturated heterocycles. The van der Waals surface area contributed by atoms with E-state index in [-0.39, 0.29) is 0 Å². The number of rotatable bonds is 3. The van der Waals surface area contributed by atoms with E-state index in [1.807, 2.05) is 36.4 Å². The molecule has 0 spiro atoms. The fraction of sp³-hybridized carbons (Fsp3) is 0. The molecule has 0 heterocycles. The molecule has 0 radical (unpaired) electrons. The molecule has 2 rings (SSSR count). The molecule has 2 aromatic rings. The highest BCUT2D eigenvalue weighted by molar-refractivity contribution is 6.35. The van der Waals surface area contributed by atoms with Gasteiger partial charge in [0, 0.05) is 16.1 Å². The van der Waals surface area contributed by atoms with Gasteiger partial charge in [0.15, 0.2) is 0 Å². The van der Waals surface area contributed by atoms with Crippen molar-refractivity contribution in [2.24, 2.45) is 5.73 Å². The summed E-state index contributed by atoms with van der Waals surface area (Å²) in [5.41, 5.74) is 7.89. The maximum absolute atomic E-state index is 10.6. The molecule has 2 nitrogen and oxygen atoms in total. The molecule has 0 aromatic heterocycles. The second-order valence-electron chi connectivity index (χ2n) is 4.02. The van der Waals surface area contributed by atoms with Crippen LogP contribution in [0.4, 0.5) is 0 Å². The molecule has 1 amide bonds. The number of amides is 1. The van der Waals surface area contributed by atoms with Gasteiger partial charge in [0.2, 0.25) is 5.91 Å². The van der Waals surface area contributed by atoms with Crippen molar-refractivity contribution in [2.75, 3.05) is 0 Å². The summed E-state index contributed by atoms with van der Waals surface area (Å²) in [6, 6.07) is 13.0. The Morgan fingerprint density at radius 1 is 0.947 bits per heavy atom. The van der Waals surface area contributed by atoms with Crippen molar-refractivity contribution >= 4 is 35.2 Å². The fourth-order valence-corrected chi connectivity index (χ4v) is 2.21. The minimum atomic E-state index is -0.467. The molecule has 0 aliphatic rings. The van der Waals surface area contributed by atoms with Crippen LogP contribution >= 0.6 is 23.2 Å². The van der Waals surface area contributed by atoms with Crippen LogP contribution in [0.3, 0.4) is 0 Å². The van der Waals surface area contributed by atoms with E-state index in [4.69, 9.17) is 28.9 Å². The van der Waals surface area contributed by atoms with Crippen molar-refractivity contribution in [3.8, 4) is 11.1 Å². The Kier molecular flexibility index (Phi) is 4.25. The maximum atomic E-state index is 10.6. The molecule has 4 heteroatoms. The van der Waals surface area contributed by atoms with Gasteiger partial charge in [-0.05, 0) is 41.0 Å². The van der Waals surface area contributed by atoms with Crippen molar-refractivity contribution in [1.82, 2.24) is 0 Å². The Bertz CT molecular complexity index is 613. The van der Waals surface area contributed by atoms with Crippen molar-refractivity contribution < 1.29 is 4.79 Å². The zero-order valence-electron chi connectivity index (χ0n) is 9.94. The number of carbonyl (C=O) groups is 1. The number of benzene rings is 2. The van der Waals surface area contributed by atoms with E-state index in [0.29, 0.717) is 10.0 Å². The zero-order chi connectivity index (χ0) is 13.8. The number of carbonyl (C=O) groups excluding carboxylic acids is 1. The molecule has 0 unspecified atom stereocenters. The summed E-state index contributed by atoms with van der Waals surface area (Å²) in [7, 11) is 0. The first-order valence-corrected chi connectivity index (χ1v) is 6.34. The topological polar surface area (TPSA) is 43.1 Å². The smallest absolute Gasteiger partial charge is 0.241 e. The van der Waals surface area contributed by atoms with Gasteiger partial charge in [-0.3, -0.25) is 4.79 Å². The van der Waals surface area contributed by atoms with Crippen molar-refractivity contribution in [3.63, 3.8) is 0 Å². The van der Waals surface area contributed by atoms with Crippen LogP contribution in [0.2, 0.25) is 10.0 Å². The number of primary amides is 1. The number of hydrogen-bond acceptors (Lipinski definition) is 1. The predicted molar refractivity (Wildman–Crippen MR) is 80.1 cm³/mol. The lowest BCUT2D eigenvalue weighted by atomic mass is 10.0. The average Bonchev–Trinajstić information content (AvgIpc) is 2.36. The van der Waals surface area contributed by atoms with Crippen LogP contribution < -0.4 is 5.73 Å². The largest absolute Gasteiger partial charge is 0.366 e. The third kappa shape index (κ3) is 3.85. The highest BCUT2D eigenvalue weighted by Crippen LogP contribution is 2.27. The number of halogens is 2. The summed E-state index contributed by atoms with van der Waals surface area (Å²) in [6.07, 6.45) is 2.99. The Balaban J connectivity index is 2.29. The standard InChI is InChI=1S/C15H11Cl2NO/c16-13-7-12(8-14(17)9-13)11-4-1-10(2-5-11)3-6-15(18)19/h1-9H,(H2,18,19)/b6-3-. The van der Waals surface area contributed by atoms with Crippen LogP contribution in [-0.2, 0) is 4.79 Å². The Labute approximate surface area is 121 Å². The monoisotopic (exact) mass is 291 g/mol. The Morgan fingerprint density at radius 2 is 1.53 bits per heavy atom. The highest BCUT2D eigenvalue weighted by atomic mass is 35.5. The van der Waals surface area contributed by atoms with Crippen molar-refractivity contribution in [3.05, 3.63) is 64.1 Å². The lowest BCUT2D eigenvalue weighted by molar-refractivity contribution is -0.113. The molecule has 0 fully saturated rings. The summed E-state index contributed by atoms with van der Waals surface area (Å²) in [4.78, 5) is 10.6. The van der Waals surface area contributed by atoms with Crippen molar-refractivity contribution in [1.29, 1.82) is 0 Å². The first-order chi connectivity index (χ1) is 9.04. The van der Waals surface area contributed by atoms with Gasteiger partial charge in [-0.15, -0.1) is 0 Å². The molecule has 19 heavy (non-hydrogen) atoms. The van der Waals surface area contributed by atoms with E-state index < -0.39 is 5.91 Å². The zero-order valence-corrected chi connectivity index (χ0v) is 11.4. The summed E-state index contributed by atoms with van der Waals surface area (Å²) < 4.78 is 0. The van der Waals surface area contributed by atoms with Gasteiger partial charge < -0.3 is 5.73 Å². The summed E-state index contributed by atoms with van der Waals surface area (Å²) >= 11 is 11.9. The SMILES string of the molecule is NC(=O)/C=C\c1ccc(-c2cc(Cl)cc(Cl)c2)cc1. The van der Waals surface area contributed by atoms with Gasteiger partial charge in [0.25, 0.3) is 0 Å². The van der Waals surface area contributed by atoms with Crippen molar-refractivity contribution in [2.45, 2.75) is 0 Å². The van der Waals surface area contributed by atoms with Gasteiger partial charge in [-0.2, -0.15) is 0 Å². The first kappa shape index (κ1) is 13.7. The lowest BCUT2D eigenvalue weighted by Crippen LogP contribution is -2.04. The van der Waals surface area contributed by atoms with Gasteiger partial charge >= 0.3 is 0 Å². The molecule has 0 aliphatic carbocycles. The molecule has 0 aliphatic heterocycles. The molecule has 0 bridgehead atoms. The van der Waals surface area contributed by atoms with E-state index in [2.05, 4.69) is 0 Å². The van der Waals surface area contributed by atoms with Crippen LogP contribution in [0.5, 0.6) is 0 Å². The quantitative estimate of drug-likeness (QED) is 0.848. The second kappa shape index (κ2) is 5.91. The highest BCUT2D eigenvalue weighted by Gasteiger charge is 2.01. The second-order valence-corrected chi connectivity index (χ2v) is 4.89. The molecule has 96 valence electrons. The minimum absolute atomic E-state index is 0.467. The van der Waals surface area contributed by atoms with Gasteiger partial charge in [-0.1, -0.05) is 47.5 Å². The van der Waals surface area contributed by atoms with E-state index in [0.717, 1.165) is 16.7 Å². The molecule has 0 atom stereocenters. The molecular weight excluding hydrogens is 281 g/mol. The van der Waals surface area contributed by atoms with Crippen LogP contribution in [0.1, 0.15) is 5.56 Å². The molecular formula is C15H11Cl2NO. The van der Waals surface area contributed by atoms with Gasteiger partial charge in [0.1, 0.15) is 0 Å². The van der Waals surface area contributed by atoms with E-state index in [9.17, 15) is 4.79 Å². The van der Waals surface area contributed by atoms with E-state index in [1.54, 1.807) is 12.1 Å². The van der Waals surface area contributed by atoms with Crippen LogP contribution in [0.25, 0.3) is 17.2 Å². The Hall–Kier alpha value is -1.77. The fourth-order valence-electron chi connectivity index (χ4n) is 1.69. The first-order valence-electron chi connectivity index (χ1n) is 5.58. The third-order valence-corrected chi connectivity index (χ3v) is 2.98. The van der Waals surface area contributed by atoms with Crippen LogP contribution in [0, 0.1) is 0 Å². The van der Waals surface area contributed by atoms with E-state index in [1.165, 1.54) is 6.08 Å². The number of nitrogens with two attached hydrogens (primary N) is 1. The minimum Gasteiger partial charge on any atom is -0.366 e. The Morgan fingerprint density at radius 3 is 2.05 bits per heavy atom. The predicted octanol–water partition coefficient (Wildman–Crippen LogP) is 4.16.